The van der Waals surface area contributed by atoms with Gasteiger partial charge in [0.15, 0.2) is 0 Å². The van der Waals surface area contributed by atoms with Crippen molar-refractivity contribution in [1.29, 1.82) is 0 Å². The number of carboxylic acid groups (broad SMARTS) is 1. The summed E-state index contributed by atoms with van der Waals surface area (Å²) in [6.45, 7) is 0. The highest BCUT2D eigenvalue weighted by Gasteiger charge is 2.19. The van der Waals surface area contributed by atoms with Crippen LogP contribution >= 0.6 is 15.9 Å². The SMILES string of the molecule is O=C(O)c1noc(-c2c(F)cccc2Br)n1. The molecule has 2 aromatic rings. The fourth-order valence-electron chi connectivity index (χ4n) is 1.11. The second-order valence-electron chi connectivity index (χ2n) is 2.82. The van der Waals surface area contributed by atoms with E-state index in [1.807, 2.05) is 0 Å². The van der Waals surface area contributed by atoms with E-state index in [2.05, 4.69) is 30.6 Å². The number of rotatable bonds is 2. The highest BCUT2D eigenvalue weighted by Crippen LogP contribution is 2.29. The van der Waals surface area contributed by atoms with E-state index in [0.29, 0.717) is 4.47 Å². The summed E-state index contributed by atoms with van der Waals surface area (Å²) in [4.78, 5) is 14.1. The second-order valence-corrected chi connectivity index (χ2v) is 3.68. The van der Waals surface area contributed by atoms with Crippen molar-refractivity contribution in [1.82, 2.24) is 10.1 Å². The van der Waals surface area contributed by atoms with Gasteiger partial charge < -0.3 is 9.63 Å². The van der Waals surface area contributed by atoms with E-state index in [1.165, 1.54) is 12.1 Å². The molecule has 0 unspecified atom stereocenters. The molecule has 0 aliphatic rings. The minimum atomic E-state index is -1.33. The van der Waals surface area contributed by atoms with Crippen molar-refractivity contribution in [2.24, 2.45) is 0 Å². The minimum Gasteiger partial charge on any atom is -0.475 e. The lowest BCUT2D eigenvalue weighted by Crippen LogP contribution is -1.98. The van der Waals surface area contributed by atoms with Crippen LogP contribution in [0.4, 0.5) is 4.39 Å². The molecule has 2 rings (SSSR count). The number of aromatic nitrogens is 2. The van der Waals surface area contributed by atoms with Gasteiger partial charge in [0, 0.05) is 4.47 Å². The van der Waals surface area contributed by atoms with E-state index in [4.69, 9.17) is 5.11 Å². The quantitative estimate of drug-likeness (QED) is 0.917. The zero-order valence-corrected chi connectivity index (χ0v) is 9.23. The lowest BCUT2D eigenvalue weighted by Gasteiger charge is -1.99. The molecule has 7 heteroatoms. The number of hydrogen-bond acceptors (Lipinski definition) is 4. The van der Waals surface area contributed by atoms with Crippen LogP contribution in [0.5, 0.6) is 0 Å². The van der Waals surface area contributed by atoms with Crippen molar-refractivity contribution in [3.05, 3.63) is 34.3 Å². The van der Waals surface area contributed by atoms with Crippen LogP contribution in [0.3, 0.4) is 0 Å². The van der Waals surface area contributed by atoms with Gasteiger partial charge in [0.05, 0.1) is 5.56 Å². The van der Waals surface area contributed by atoms with Gasteiger partial charge in [-0.25, -0.2) is 9.18 Å². The topological polar surface area (TPSA) is 76.2 Å². The first-order chi connectivity index (χ1) is 7.59. The van der Waals surface area contributed by atoms with Gasteiger partial charge in [-0.15, -0.1) is 0 Å². The number of aromatic carboxylic acids is 1. The third-order valence-corrected chi connectivity index (χ3v) is 2.45. The first-order valence-electron chi connectivity index (χ1n) is 4.11. The summed E-state index contributed by atoms with van der Waals surface area (Å²) in [6.07, 6.45) is 0. The molecule has 1 N–H and O–H groups in total. The summed E-state index contributed by atoms with van der Waals surface area (Å²) in [5.41, 5.74) is 0.0440. The Labute approximate surface area is 97.0 Å². The molecule has 16 heavy (non-hydrogen) atoms. The number of carbonyl (C=O) groups is 1. The molecule has 0 amide bonds. The van der Waals surface area contributed by atoms with Crippen LogP contribution in [0.2, 0.25) is 0 Å². The van der Waals surface area contributed by atoms with Crippen LogP contribution in [0.25, 0.3) is 11.5 Å². The summed E-state index contributed by atoms with van der Waals surface area (Å²) in [7, 11) is 0. The van der Waals surface area contributed by atoms with Crippen LogP contribution in [0, 0.1) is 5.82 Å². The largest absolute Gasteiger partial charge is 0.475 e. The summed E-state index contributed by atoms with van der Waals surface area (Å²) in [5.74, 6) is -2.59. The van der Waals surface area contributed by atoms with Crippen molar-refractivity contribution >= 4 is 21.9 Å². The zero-order valence-electron chi connectivity index (χ0n) is 7.65. The Kier molecular flexibility index (Phi) is 2.69. The number of halogens is 2. The number of benzene rings is 1. The van der Waals surface area contributed by atoms with Crippen molar-refractivity contribution in [3.63, 3.8) is 0 Å². The molecular weight excluding hydrogens is 283 g/mol. The molecule has 0 radical (unpaired) electrons. The van der Waals surface area contributed by atoms with Crippen LogP contribution in [0.1, 0.15) is 10.6 Å². The maximum absolute atomic E-state index is 13.4. The molecule has 1 aromatic carbocycles. The Morgan fingerprint density at radius 1 is 1.50 bits per heavy atom. The Hall–Kier alpha value is -1.76. The standard InChI is InChI=1S/C9H4BrFN2O3/c10-4-2-1-3-5(11)6(4)8-12-7(9(14)15)13-16-8/h1-3H,(H,14,15). The highest BCUT2D eigenvalue weighted by atomic mass is 79.9. The zero-order chi connectivity index (χ0) is 11.7. The second kappa shape index (κ2) is 4.01. The van der Waals surface area contributed by atoms with E-state index < -0.39 is 17.6 Å². The number of carboxylic acids is 1. The maximum Gasteiger partial charge on any atom is 0.377 e. The van der Waals surface area contributed by atoms with Gasteiger partial charge >= 0.3 is 5.97 Å². The van der Waals surface area contributed by atoms with Crippen LogP contribution in [-0.2, 0) is 0 Å². The predicted molar refractivity (Wildman–Crippen MR) is 54.4 cm³/mol. The van der Waals surface area contributed by atoms with Crippen molar-refractivity contribution in [2.45, 2.75) is 0 Å². The number of nitrogens with zero attached hydrogens (tertiary/aromatic N) is 2. The average Bonchev–Trinajstić information content (AvgIpc) is 2.66. The van der Waals surface area contributed by atoms with Gasteiger partial charge in [-0.2, -0.15) is 4.98 Å². The van der Waals surface area contributed by atoms with E-state index >= 15 is 0 Å². The Bertz CT molecular complexity index is 535. The third-order valence-electron chi connectivity index (χ3n) is 1.79. The van der Waals surface area contributed by atoms with Gasteiger partial charge in [0.2, 0.25) is 0 Å². The molecule has 0 spiro atoms. The first-order valence-corrected chi connectivity index (χ1v) is 4.90. The fourth-order valence-corrected chi connectivity index (χ4v) is 1.63. The molecule has 0 atom stereocenters. The first kappa shape index (κ1) is 10.7. The normalized spacial score (nSPS) is 10.4. The molecule has 0 saturated carbocycles. The van der Waals surface area contributed by atoms with Crippen LogP contribution in [-0.4, -0.2) is 21.2 Å². The summed E-state index contributed by atoms with van der Waals surface area (Å²) in [5, 5.41) is 11.8. The molecule has 0 aliphatic carbocycles. The molecule has 0 fully saturated rings. The summed E-state index contributed by atoms with van der Waals surface area (Å²) >= 11 is 3.11. The predicted octanol–water partition coefficient (Wildman–Crippen LogP) is 2.34. The van der Waals surface area contributed by atoms with Crippen LogP contribution in [0.15, 0.2) is 27.2 Å². The van der Waals surface area contributed by atoms with Crippen molar-refractivity contribution in [2.75, 3.05) is 0 Å². The monoisotopic (exact) mass is 286 g/mol. The Morgan fingerprint density at radius 3 is 2.81 bits per heavy atom. The summed E-state index contributed by atoms with van der Waals surface area (Å²) < 4.78 is 18.5. The molecule has 0 saturated heterocycles. The lowest BCUT2D eigenvalue weighted by molar-refractivity contribution is 0.0680. The minimum absolute atomic E-state index is 0.0440. The lowest BCUT2D eigenvalue weighted by atomic mass is 10.2. The van der Waals surface area contributed by atoms with Gasteiger partial charge in [0.1, 0.15) is 5.82 Å². The van der Waals surface area contributed by atoms with E-state index in [0.717, 1.165) is 0 Å². The van der Waals surface area contributed by atoms with Crippen molar-refractivity contribution in [3.8, 4) is 11.5 Å². The molecule has 82 valence electrons. The molecule has 0 aliphatic heterocycles. The molecule has 5 nitrogen and oxygen atoms in total. The van der Waals surface area contributed by atoms with Gasteiger partial charge in [0.25, 0.3) is 11.7 Å². The fraction of sp³-hybridized carbons (Fsp3) is 0. The smallest absolute Gasteiger partial charge is 0.377 e. The van der Waals surface area contributed by atoms with Gasteiger partial charge in [-0.05, 0) is 33.2 Å². The van der Waals surface area contributed by atoms with E-state index in [-0.39, 0.29) is 11.5 Å². The molecule has 1 heterocycles. The van der Waals surface area contributed by atoms with Crippen molar-refractivity contribution < 1.29 is 18.8 Å². The van der Waals surface area contributed by atoms with Gasteiger partial charge in [-0.3, -0.25) is 0 Å². The average molecular weight is 287 g/mol. The maximum atomic E-state index is 13.4. The molecule has 1 aromatic heterocycles. The molecule has 0 bridgehead atoms. The summed E-state index contributed by atoms with van der Waals surface area (Å²) in [6, 6.07) is 4.30. The molecular formula is C9H4BrFN2O3. The van der Waals surface area contributed by atoms with E-state index in [1.54, 1.807) is 6.07 Å². The Balaban J connectivity index is 2.54. The Morgan fingerprint density at radius 2 is 2.25 bits per heavy atom. The van der Waals surface area contributed by atoms with Crippen LogP contribution < -0.4 is 0 Å². The highest BCUT2D eigenvalue weighted by molar-refractivity contribution is 9.10. The third kappa shape index (κ3) is 1.81. The number of hydrogen-bond donors (Lipinski definition) is 1. The van der Waals surface area contributed by atoms with E-state index in [9.17, 15) is 9.18 Å². The van der Waals surface area contributed by atoms with Gasteiger partial charge in [-0.1, -0.05) is 6.07 Å².